The fourth-order valence-corrected chi connectivity index (χ4v) is 3.43. The van der Waals surface area contributed by atoms with Crippen LogP contribution in [-0.4, -0.2) is 19.0 Å². The number of rotatable bonds is 2. The van der Waals surface area contributed by atoms with E-state index in [4.69, 9.17) is 5.73 Å². The Bertz CT molecular complexity index is 519. The van der Waals surface area contributed by atoms with Gasteiger partial charge in [-0.15, -0.1) is 0 Å². The first-order valence-corrected chi connectivity index (χ1v) is 7.60. The van der Waals surface area contributed by atoms with Gasteiger partial charge in [0.1, 0.15) is 0 Å². The van der Waals surface area contributed by atoms with Gasteiger partial charge in [0.25, 0.3) is 0 Å². The average molecular weight is 273 g/mol. The lowest BCUT2D eigenvalue weighted by Crippen LogP contribution is -2.31. The fourth-order valence-electron chi connectivity index (χ4n) is 3.43. The van der Waals surface area contributed by atoms with E-state index in [1.807, 2.05) is 12.1 Å². The average Bonchev–Trinajstić information content (AvgIpc) is 2.64. The molecule has 1 aromatic carbocycles. The Morgan fingerprint density at radius 1 is 1.20 bits per heavy atom. The Kier molecular flexibility index (Phi) is 3.55. The minimum atomic E-state index is 0.0636. The first-order valence-electron chi connectivity index (χ1n) is 7.60. The molecule has 4 heteroatoms. The summed E-state index contributed by atoms with van der Waals surface area (Å²) in [7, 11) is 2.13. The van der Waals surface area contributed by atoms with Crippen molar-refractivity contribution in [2.45, 2.75) is 51.0 Å². The predicted molar refractivity (Wildman–Crippen MR) is 83.1 cm³/mol. The largest absolute Gasteiger partial charge is 0.397 e. The van der Waals surface area contributed by atoms with Gasteiger partial charge in [-0.05, 0) is 30.5 Å². The van der Waals surface area contributed by atoms with E-state index in [1.165, 1.54) is 38.5 Å². The Hall–Kier alpha value is -1.71. The zero-order valence-electron chi connectivity index (χ0n) is 12.1. The first kappa shape index (κ1) is 13.3. The summed E-state index contributed by atoms with van der Waals surface area (Å²) in [4.78, 5) is 13.8. The molecule has 3 N–H and O–H groups in total. The summed E-state index contributed by atoms with van der Waals surface area (Å²) in [6, 6.07) is 4.56. The molecule has 2 aliphatic rings. The van der Waals surface area contributed by atoms with Crippen LogP contribution in [-0.2, 0) is 11.2 Å². The number of benzene rings is 1. The van der Waals surface area contributed by atoms with Gasteiger partial charge in [0.15, 0.2) is 0 Å². The van der Waals surface area contributed by atoms with Gasteiger partial charge in [0.05, 0.1) is 17.8 Å². The third kappa shape index (κ3) is 2.47. The van der Waals surface area contributed by atoms with Crippen LogP contribution >= 0.6 is 0 Å². The summed E-state index contributed by atoms with van der Waals surface area (Å²) >= 11 is 0. The number of carbonyl (C=O) groups is 1. The second-order valence-electron chi connectivity index (χ2n) is 6.05. The molecule has 3 rings (SSSR count). The summed E-state index contributed by atoms with van der Waals surface area (Å²) in [5.74, 6) is 0.0636. The van der Waals surface area contributed by atoms with Crippen molar-refractivity contribution in [1.82, 2.24) is 0 Å². The van der Waals surface area contributed by atoms with Crippen molar-refractivity contribution < 1.29 is 4.79 Å². The van der Waals surface area contributed by atoms with Gasteiger partial charge in [-0.25, -0.2) is 0 Å². The van der Waals surface area contributed by atoms with Gasteiger partial charge in [-0.2, -0.15) is 0 Å². The molecule has 1 saturated carbocycles. The van der Waals surface area contributed by atoms with E-state index in [0.717, 1.165) is 22.6 Å². The molecule has 0 aromatic heterocycles. The number of amides is 1. The molecule has 0 saturated heterocycles. The highest BCUT2D eigenvalue weighted by molar-refractivity contribution is 6.00. The maximum atomic E-state index is 11.5. The number of hydrogen-bond acceptors (Lipinski definition) is 3. The van der Waals surface area contributed by atoms with Crippen LogP contribution in [0.15, 0.2) is 12.1 Å². The van der Waals surface area contributed by atoms with E-state index in [9.17, 15) is 4.79 Å². The van der Waals surface area contributed by atoms with Crippen molar-refractivity contribution >= 4 is 23.0 Å². The van der Waals surface area contributed by atoms with Gasteiger partial charge < -0.3 is 16.0 Å². The molecule has 1 aliphatic carbocycles. The Morgan fingerprint density at radius 2 is 1.90 bits per heavy atom. The standard InChI is InChI=1S/C16H23N3O/c1-19(12-6-4-2-3-5-7-12)15-10-14-11(8-13(15)17)9-16(20)18-14/h8,10,12H,2-7,9,17H2,1H3,(H,18,20). The molecule has 20 heavy (non-hydrogen) atoms. The highest BCUT2D eigenvalue weighted by Gasteiger charge is 2.23. The van der Waals surface area contributed by atoms with Crippen LogP contribution in [0.25, 0.3) is 0 Å². The minimum absolute atomic E-state index is 0.0636. The molecular formula is C16H23N3O. The highest BCUT2D eigenvalue weighted by atomic mass is 16.1. The predicted octanol–water partition coefficient (Wildman–Crippen LogP) is 2.92. The lowest BCUT2D eigenvalue weighted by molar-refractivity contribution is -0.115. The fraction of sp³-hybridized carbons (Fsp3) is 0.562. The van der Waals surface area contributed by atoms with E-state index in [1.54, 1.807) is 0 Å². The molecule has 108 valence electrons. The molecular weight excluding hydrogens is 250 g/mol. The molecule has 0 spiro atoms. The van der Waals surface area contributed by atoms with Gasteiger partial charge in [0.2, 0.25) is 5.91 Å². The third-order valence-corrected chi connectivity index (χ3v) is 4.63. The van der Waals surface area contributed by atoms with Gasteiger partial charge in [-0.1, -0.05) is 25.7 Å². The van der Waals surface area contributed by atoms with Crippen LogP contribution in [0.3, 0.4) is 0 Å². The van der Waals surface area contributed by atoms with Crippen LogP contribution < -0.4 is 16.0 Å². The number of fused-ring (bicyclic) bond motifs is 1. The molecule has 1 heterocycles. The Labute approximate surface area is 120 Å². The lowest BCUT2D eigenvalue weighted by atomic mass is 10.0. The maximum Gasteiger partial charge on any atom is 0.228 e. The molecule has 1 fully saturated rings. The van der Waals surface area contributed by atoms with E-state index in [2.05, 4.69) is 17.3 Å². The number of nitrogen functional groups attached to an aromatic ring is 1. The van der Waals surface area contributed by atoms with Crippen LogP contribution in [0, 0.1) is 0 Å². The lowest BCUT2D eigenvalue weighted by Gasteiger charge is -2.30. The maximum absolute atomic E-state index is 11.5. The van der Waals surface area contributed by atoms with E-state index >= 15 is 0 Å². The van der Waals surface area contributed by atoms with Gasteiger partial charge in [0, 0.05) is 18.8 Å². The molecule has 4 nitrogen and oxygen atoms in total. The minimum Gasteiger partial charge on any atom is -0.397 e. The van der Waals surface area contributed by atoms with E-state index in [-0.39, 0.29) is 5.91 Å². The van der Waals surface area contributed by atoms with Gasteiger partial charge >= 0.3 is 0 Å². The number of nitrogens with zero attached hydrogens (tertiary/aromatic N) is 1. The SMILES string of the molecule is CN(c1cc2c(cc1N)CC(=O)N2)C1CCCCCC1. The van der Waals surface area contributed by atoms with Crippen molar-refractivity contribution in [3.05, 3.63) is 17.7 Å². The molecule has 1 aliphatic heterocycles. The summed E-state index contributed by atoms with van der Waals surface area (Å²) in [6.07, 6.45) is 8.22. The topological polar surface area (TPSA) is 58.4 Å². The van der Waals surface area contributed by atoms with Crippen molar-refractivity contribution in [1.29, 1.82) is 0 Å². The molecule has 0 radical (unpaired) electrons. The van der Waals surface area contributed by atoms with Crippen molar-refractivity contribution in [2.75, 3.05) is 23.0 Å². The molecule has 0 bridgehead atoms. The number of nitrogens with two attached hydrogens (primary N) is 1. The van der Waals surface area contributed by atoms with Crippen molar-refractivity contribution in [3.63, 3.8) is 0 Å². The monoisotopic (exact) mass is 273 g/mol. The van der Waals surface area contributed by atoms with Crippen LogP contribution in [0.5, 0.6) is 0 Å². The zero-order chi connectivity index (χ0) is 14.1. The number of hydrogen-bond donors (Lipinski definition) is 2. The van der Waals surface area contributed by atoms with E-state index < -0.39 is 0 Å². The molecule has 1 amide bonds. The second kappa shape index (κ2) is 5.35. The molecule has 1 aromatic rings. The Morgan fingerprint density at radius 3 is 2.60 bits per heavy atom. The molecule has 0 atom stereocenters. The van der Waals surface area contributed by atoms with E-state index in [0.29, 0.717) is 12.5 Å². The van der Waals surface area contributed by atoms with Crippen molar-refractivity contribution in [3.8, 4) is 0 Å². The van der Waals surface area contributed by atoms with Gasteiger partial charge in [-0.3, -0.25) is 4.79 Å². The summed E-state index contributed by atoms with van der Waals surface area (Å²) < 4.78 is 0. The normalized spacial score (nSPS) is 19.4. The summed E-state index contributed by atoms with van der Waals surface area (Å²) in [5.41, 5.74) is 9.99. The number of nitrogens with one attached hydrogen (secondary N) is 1. The zero-order valence-corrected chi connectivity index (χ0v) is 12.1. The smallest absolute Gasteiger partial charge is 0.228 e. The summed E-state index contributed by atoms with van der Waals surface area (Å²) in [6.45, 7) is 0. The molecule has 0 unspecified atom stereocenters. The first-order chi connectivity index (χ1) is 9.65. The second-order valence-corrected chi connectivity index (χ2v) is 6.05. The number of carbonyl (C=O) groups excluding carboxylic acids is 1. The summed E-state index contributed by atoms with van der Waals surface area (Å²) in [5, 5.41) is 2.91. The van der Waals surface area contributed by atoms with Crippen LogP contribution in [0.2, 0.25) is 0 Å². The van der Waals surface area contributed by atoms with Crippen LogP contribution in [0.1, 0.15) is 44.1 Å². The quantitative estimate of drug-likeness (QED) is 0.643. The number of anilines is 3. The Balaban J connectivity index is 1.86. The third-order valence-electron chi connectivity index (χ3n) is 4.63. The highest BCUT2D eigenvalue weighted by Crippen LogP contribution is 2.35. The van der Waals surface area contributed by atoms with Crippen molar-refractivity contribution in [2.24, 2.45) is 0 Å². The van der Waals surface area contributed by atoms with Crippen LogP contribution in [0.4, 0.5) is 17.1 Å².